The number of carbonyl (C=O) groups excluding carboxylic acids is 1. The largest absolute Gasteiger partial charge is 0.379 e. The molecule has 1 aliphatic rings. The topological polar surface area (TPSA) is 50.8 Å². The van der Waals surface area contributed by atoms with Crippen molar-refractivity contribution < 1.29 is 14.3 Å². The highest BCUT2D eigenvalue weighted by atomic mass is 35.5. The summed E-state index contributed by atoms with van der Waals surface area (Å²) in [5.41, 5.74) is 0. The molecule has 0 radical (unpaired) electrons. The molecule has 0 bridgehead atoms. The van der Waals surface area contributed by atoms with Gasteiger partial charge >= 0.3 is 0 Å². The fourth-order valence-corrected chi connectivity index (χ4v) is 2.17. The van der Waals surface area contributed by atoms with Crippen LogP contribution in [0.25, 0.3) is 0 Å². The van der Waals surface area contributed by atoms with Gasteiger partial charge in [-0.05, 0) is 33.7 Å². The summed E-state index contributed by atoms with van der Waals surface area (Å²) in [5.74, 6) is 0.0893. The Morgan fingerprint density at radius 1 is 1.47 bits per heavy atom. The molecular weight excluding hydrogens is 268 g/mol. The monoisotopic (exact) mass is 294 g/mol. The molecule has 1 heterocycles. The lowest BCUT2D eigenvalue weighted by Crippen LogP contribution is -2.50. The molecule has 0 aromatic carbocycles. The van der Waals surface area contributed by atoms with Crippen LogP contribution in [0.3, 0.4) is 0 Å². The molecule has 0 aromatic heterocycles. The van der Waals surface area contributed by atoms with Crippen LogP contribution in [0, 0.1) is 0 Å². The molecule has 5 nitrogen and oxygen atoms in total. The molecule has 0 spiro atoms. The summed E-state index contributed by atoms with van der Waals surface area (Å²) in [5, 5.41) is 3.23. The predicted molar refractivity (Wildman–Crippen MR) is 77.8 cm³/mol. The molecule has 6 heteroatoms. The minimum atomic E-state index is -0.374. The highest BCUT2D eigenvalue weighted by Gasteiger charge is 2.26. The number of nitrogens with zero attached hydrogens (tertiary/aromatic N) is 1. The molecule has 1 rings (SSSR count). The van der Waals surface area contributed by atoms with Crippen molar-refractivity contribution in [1.29, 1.82) is 0 Å². The second-order valence-corrected chi connectivity index (χ2v) is 4.62. The normalized spacial score (nSPS) is 20.8. The van der Waals surface area contributed by atoms with E-state index in [1.165, 1.54) is 0 Å². The lowest BCUT2D eigenvalue weighted by molar-refractivity contribution is -0.144. The van der Waals surface area contributed by atoms with E-state index in [-0.39, 0.29) is 24.4 Å². The van der Waals surface area contributed by atoms with Crippen LogP contribution in [0.1, 0.15) is 26.7 Å². The van der Waals surface area contributed by atoms with Crippen molar-refractivity contribution in [3.8, 4) is 0 Å². The summed E-state index contributed by atoms with van der Waals surface area (Å²) in [4.78, 5) is 14.1. The van der Waals surface area contributed by atoms with Crippen molar-refractivity contribution in [1.82, 2.24) is 10.2 Å². The molecule has 19 heavy (non-hydrogen) atoms. The third kappa shape index (κ3) is 6.56. The molecule has 0 aromatic rings. The van der Waals surface area contributed by atoms with Crippen LogP contribution in [-0.2, 0) is 14.3 Å². The van der Waals surface area contributed by atoms with Gasteiger partial charge in [0.05, 0.1) is 13.2 Å². The number of piperidine rings is 1. The smallest absolute Gasteiger partial charge is 0.251 e. The van der Waals surface area contributed by atoms with Gasteiger partial charge in [-0.25, -0.2) is 0 Å². The van der Waals surface area contributed by atoms with Crippen molar-refractivity contribution in [2.75, 3.05) is 40.0 Å². The Bertz CT molecular complexity index is 254. The molecule has 1 amide bonds. The van der Waals surface area contributed by atoms with Crippen molar-refractivity contribution in [3.63, 3.8) is 0 Å². The number of halogens is 1. The number of hydrogen-bond acceptors (Lipinski definition) is 4. The van der Waals surface area contributed by atoms with E-state index in [1.807, 2.05) is 25.8 Å². The Balaban J connectivity index is 0.00000324. The Morgan fingerprint density at radius 2 is 2.21 bits per heavy atom. The third-order valence-corrected chi connectivity index (χ3v) is 3.29. The minimum absolute atomic E-state index is 0. The molecule has 1 N–H and O–H groups in total. The second kappa shape index (κ2) is 10.4. The Labute approximate surface area is 122 Å². The number of amides is 1. The van der Waals surface area contributed by atoms with Gasteiger partial charge in [0.25, 0.3) is 5.91 Å². The molecular formula is C13H27ClN2O3. The van der Waals surface area contributed by atoms with Gasteiger partial charge in [-0.15, -0.1) is 12.4 Å². The molecule has 1 aliphatic heterocycles. The molecule has 1 fully saturated rings. The van der Waals surface area contributed by atoms with E-state index in [4.69, 9.17) is 9.47 Å². The average Bonchev–Trinajstić information content (AvgIpc) is 2.42. The molecule has 114 valence electrons. The minimum Gasteiger partial charge on any atom is -0.379 e. The first kappa shape index (κ1) is 18.6. The van der Waals surface area contributed by atoms with Gasteiger partial charge < -0.3 is 19.7 Å². The van der Waals surface area contributed by atoms with E-state index in [9.17, 15) is 4.79 Å². The zero-order chi connectivity index (χ0) is 13.4. The summed E-state index contributed by atoms with van der Waals surface area (Å²) < 4.78 is 10.7. The highest BCUT2D eigenvalue weighted by molar-refractivity contribution is 5.85. The van der Waals surface area contributed by atoms with E-state index in [1.54, 1.807) is 0 Å². The Kier molecular flexibility index (Phi) is 10.2. The van der Waals surface area contributed by atoms with E-state index in [0.29, 0.717) is 25.9 Å². The molecule has 1 saturated heterocycles. The van der Waals surface area contributed by atoms with Crippen LogP contribution in [-0.4, -0.2) is 62.9 Å². The average molecular weight is 295 g/mol. The first-order valence-electron chi connectivity index (χ1n) is 6.84. The lowest BCUT2D eigenvalue weighted by Gasteiger charge is -2.34. The van der Waals surface area contributed by atoms with Gasteiger partial charge in [0.15, 0.2) is 0 Å². The van der Waals surface area contributed by atoms with Crippen LogP contribution >= 0.6 is 12.4 Å². The quantitative estimate of drug-likeness (QED) is 0.714. The summed E-state index contributed by atoms with van der Waals surface area (Å²) in [7, 11) is 1.95. The van der Waals surface area contributed by atoms with E-state index < -0.39 is 0 Å². The van der Waals surface area contributed by atoms with Crippen LogP contribution < -0.4 is 5.32 Å². The zero-order valence-electron chi connectivity index (χ0n) is 12.2. The van der Waals surface area contributed by atoms with E-state index in [2.05, 4.69) is 5.32 Å². The maximum atomic E-state index is 12.2. The summed E-state index contributed by atoms with van der Waals surface area (Å²) in [6.07, 6.45) is 1.82. The van der Waals surface area contributed by atoms with Gasteiger partial charge in [0.2, 0.25) is 0 Å². The van der Waals surface area contributed by atoms with Crippen LogP contribution in [0.4, 0.5) is 0 Å². The number of nitrogens with one attached hydrogen (secondary N) is 1. The van der Waals surface area contributed by atoms with Gasteiger partial charge in [-0.1, -0.05) is 0 Å². The number of ether oxygens (including phenoxy) is 2. The Hall–Kier alpha value is -0.360. The maximum absolute atomic E-state index is 12.2. The summed E-state index contributed by atoms with van der Waals surface area (Å²) >= 11 is 0. The second-order valence-electron chi connectivity index (χ2n) is 4.62. The van der Waals surface area contributed by atoms with E-state index in [0.717, 1.165) is 25.9 Å². The molecule has 0 saturated carbocycles. The summed E-state index contributed by atoms with van der Waals surface area (Å²) in [6, 6.07) is 0.415. The van der Waals surface area contributed by atoms with Gasteiger partial charge in [-0.3, -0.25) is 4.79 Å². The van der Waals surface area contributed by atoms with Gasteiger partial charge in [0, 0.05) is 25.7 Å². The van der Waals surface area contributed by atoms with Gasteiger partial charge in [0.1, 0.15) is 6.10 Å². The number of likely N-dealkylation sites (tertiary alicyclic amines) is 1. The SMILES string of the molecule is CCOCCOC(C)C(=O)N1CCCC(NC)C1.Cl. The van der Waals surface area contributed by atoms with Crippen molar-refractivity contribution in [2.24, 2.45) is 0 Å². The first-order chi connectivity index (χ1) is 8.69. The van der Waals surface area contributed by atoms with Crippen molar-refractivity contribution in [3.05, 3.63) is 0 Å². The third-order valence-electron chi connectivity index (χ3n) is 3.29. The van der Waals surface area contributed by atoms with Gasteiger partial charge in [-0.2, -0.15) is 0 Å². The molecule has 2 unspecified atom stereocenters. The summed E-state index contributed by atoms with van der Waals surface area (Å²) in [6.45, 7) is 7.10. The van der Waals surface area contributed by atoms with Crippen LogP contribution in [0.2, 0.25) is 0 Å². The van der Waals surface area contributed by atoms with Crippen molar-refractivity contribution >= 4 is 18.3 Å². The molecule has 2 atom stereocenters. The molecule has 0 aliphatic carbocycles. The predicted octanol–water partition coefficient (Wildman–Crippen LogP) is 1.06. The fraction of sp³-hybridized carbons (Fsp3) is 0.923. The fourth-order valence-electron chi connectivity index (χ4n) is 2.17. The van der Waals surface area contributed by atoms with Crippen LogP contribution in [0.15, 0.2) is 0 Å². The number of likely N-dealkylation sites (N-methyl/N-ethyl adjacent to an activating group) is 1. The van der Waals surface area contributed by atoms with Crippen LogP contribution in [0.5, 0.6) is 0 Å². The van der Waals surface area contributed by atoms with Crippen molar-refractivity contribution in [2.45, 2.75) is 38.8 Å². The van der Waals surface area contributed by atoms with E-state index >= 15 is 0 Å². The number of hydrogen-bond donors (Lipinski definition) is 1. The standard InChI is InChI=1S/C13H26N2O3.ClH/c1-4-17-8-9-18-11(2)13(16)15-7-5-6-12(10-15)14-3;/h11-12,14H,4-10H2,1-3H3;1H. The highest BCUT2D eigenvalue weighted by Crippen LogP contribution is 2.11. The lowest BCUT2D eigenvalue weighted by atomic mass is 10.1. The Morgan fingerprint density at radius 3 is 2.84 bits per heavy atom. The maximum Gasteiger partial charge on any atom is 0.251 e. The first-order valence-corrected chi connectivity index (χ1v) is 6.84. The number of carbonyl (C=O) groups is 1. The number of rotatable bonds is 7. The zero-order valence-corrected chi connectivity index (χ0v) is 13.0.